The Morgan fingerprint density at radius 3 is 2.32 bits per heavy atom. The maximum absolute atomic E-state index is 6.02. The molecule has 1 aromatic heterocycles. The van der Waals surface area contributed by atoms with Crippen LogP contribution in [-0.2, 0) is 6.54 Å². The minimum Gasteiger partial charge on any atom is -0.293 e. The molecule has 0 aliphatic heterocycles. The quantitative estimate of drug-likeness (QED) is 0.706. The zero-order chi connectivity index (χ0) is 14.4. The molecule has 0 atom stereocenters. The van der Waals surface area contributed by atoms with E-state index in [4.69, 9.17) is 11.6 Å². The van der Waals surface area contributed by atoms with E-state index in [0.717, 1.165) is 37.4 Å². The zero-order valence-corrected chi connectivity index (χ0v) is 13.5. The van der Waals surface area contributed by atoms with Crippen molar-refractivity contribution in [3.8, 4) is 0 Å². The van der Waals surface area contributed by atoms with Crippen LogP contribution in [0.25, 0.3) is 0 Å². The maximum Gasteiger partial charge on any atom is 0.144 e. The first kappa shape index (κ1) is 16.4. The summed E-state index contributed by atoms with van der Waals surface area (Å²) >= 11 is 6.02. The lowest BCUT2D eigenvalue weighted by molar-refractivity contribution is 0.153. The fourth-order valence-corrected chi connectivity index (χ4v) is 2.71. The van der Waals surface area contributed by atoms with Gasteiger partial charge in [0.1, 0.15) is 11.0 Å². The van der Waals surface area contributed by atoms with Gasteiger partial charge in [0.05, 0.1) is 6.54 Å². The first-order valence-corrected chi connectivity index (χ1v) is 7.58. The minimum absolute atomic E-state index is 0.538. The van der Waals surface area contributed by atoms with Crippen LogP contribution >= 0.6 is 11.6 Å². The molecular weight excluding hydrogens is 258 g/mol. The molecule has 108 valence electrons. The zero-order valence-electron chi connectivity index (χ0n) is 12.8. The molecule has 1 aromatic rings. The monoisotopic (exact) mass is 283 g/mol. The molecule has 0 radical (unpaired) electrons. The molecule has 0 saturated carbocycles. The highest BCUT2D eigenvalue weighted by Crippen LogP contribution is 2.15. The second-order valence-electron chi connectivity index (χ2n) is 5.54. The lowest BCUT2D eigenvalue weighted by Gasteiger charge is -2.31. The fourth-order valence-electron chi connectivity index (χ4n) is 2.46. The number of hydrogen-bond donors (Lipinski definition) is 0. The fraction of sp³-hybridized carbons (Fsp3) is 0.733. The standard InChI is InChI=1S/C15H26ClN3/c1-6-13(7-2)19(9-11(3)4)10-15-17-12(5)8-14(16)18-15/h8,11,13H,6-7,9-10H2,1-5H3. The predicted molar refractivity (Wildman–Crippen MR) is 81.4 cm³/mol. The van der Waals surface area contributed by atoms with Gasteiger partial charge in [-0.15, -0.1) is 0 Å². The number of hydrogen-bond acceptors (Lipinski definition) is 3. The van der Waals surface area contributed by atoms with Crippen LogP contribution in [0.5, 0.6) is 0 Å². The molecule has 0 aliphatic rings. The lowest BCUT2D eigenvalue weighted by Crippen LogP contribution is -2.37. The molecule has 0 aliphatic carbocycles. The van der Waals surface area contributed by atoms with E-state index in [1.165, 1.54) is 0 Å². The van der Waals surface area contributed by atoms with Crippen LogP contribution < -0.4 is 0 Å². The van der Waals surface area contributed by atoms with Gasteiger partial charge in [0.25, 0.3) is 0 Å². The third kappa shape index (κ3) is 5.45. The van der Waals surface area contributed by atoms with Crippen LogP contribution in [0.1, 0.15) is 52.1 Å². The van der Waals surface area contributed by atoms with E-state index in [9.17, 15) is 0 Å². The van der Waals surface area contributed by atoms with Crippen molar-refractivity contribution in [1.29, 1.82) is 0 Å². The molecule has 4 heteroatoms. The van der Waals surface area contributed by atoms with Crippen LogP contribution in [-0.4, -0.2) is 27.5 Å². The summed E-state index contributed by atoms with van der Waals surface area (Å²) in [6, 6.07) is 2.39. The van der Waals surface area contributed by atoms with Crippen molar-refractivity contribution in [1.82, 2.24) is 14.9 Å². The second kappa shape index (κ2) is 7.81. The smallest absolute Gasteiger partial charge is 0.144 e. The normalized spacial score (nSPS) is 11.8. The molecule has 1 heterocycles. The molecule has 0 spiro atoms. The summed E-state index contributed by atoms with van der Waals surface area (Å²) in [5, 5.41) is 0.538. The molecule has 0 saturated heterocycles. The average Bonchev–Trinajstić information content (AvgIpc) is 2.28. The van der Waals surface area contributed by atoms with Gasteiger partial charge in [-0.25, -0.2) is 9.97 Å². The Morgan fingerprint density at radius 2 is 1.84 bits per heavy atom. The number of rotatable bonds is 7. The van der Waals surface area contributed by atoms with Crippen molar-refractivity contribution < 1.29 is 0 Å². The largest absolute Gasteiger partial charge is 0.293 e. The van der Waals surface area contributed by atoms with E-state index in [-0.39, 0.29) is 0 Å². The molecular formula is C15H26ClN3. The Bertz CT molecular complexity index is 369. The second-order valence-corrected chi connectivity index (χ2v) is 5.93. The van der Waals surface area contributed by atoms with E-state index in [1.807, 2.05) is 6.92 Å². The molecule has 0 amide bonds. The van der Waals surface area contributed by atoms with Gasteiger partial charge in [-0.2, -0.15) is 0 Å². The molecule has 0 bridgehead atoms. The number of aromatic nitrogens is 2. The predicted octanol–water partition coefficient (Wildman–Crippen LogP) is 4.09. The highest BCUT2D eigenvalue weighted by Gasteiger charge is 2.18. The van der Waals surface area contributed by atoms with Crippen LogP contribution in [0.3, 0.4) is 0 Å². The Morgan fingerprint density at radius 1 is 1.21 bits per heavy atom. The van der Waals surface area contributed by atoms with Gasteiger partial charge in [0.15, 0.2) is 0 Å². The summed E-state index contributed by atoms with van der Waals surface area (Å²) in [6.07, 6.45) is 2.31. The van der Waals surface area contributed by atoms with Crippen LogP contribution in [0, 0.1) is 12.8 Å². The van der Waals surface area contributed by atoms with Crippen LogP contribution in [0.15, 0.2) is 6.07 Å². The highest BCUT2D eigenvalue weighted by atomic mass is 35.5. The highest BCUT2D eigenvalue weighted by molar-refractivity contribution is 6.29. The number of halogens is 1. The van der Waals surface area contributed by atoms with E-state index < -0.39 is 0 Å². The van der Waals surface area contributed by atoms with Gasteiger partial charge < -0.3 is 0 Å². The Kier molecular flexibility index (Phi) is 6.73. The van der Waals surface area contributed by atoms with E-state index in [2.05, 4.69) is 42.6 Å². The summed E-state index contributed by atoms with van der Waals surface area (Å²) in [6.45, 7) is 12.8. The van der Waals surface area contributed by atoms with Gasteiger partial charge in [-0.3, -0.25) is 4.90 Å². The van der Waals surface area contributed by atoms with Gasteiger partial charge >= 0.3 is 0 Å². The minimum atomic E-state index is 0.538. The Labute approximate surface area is 122 Å². The van der Waals surface area contributed by atoms with Crippen LogP contribution in [0.2, 0.25) is 5.15 Å². The van der Waals surface area contributed by atoms with Crippen molar-refractivity contribution in [3.63, 3.8) is 0 Å². The summed E-state index contributed by atoms with van der Waals surface area (Å²) in [4.78, 5) is 11.3. The van der Waals surface area contributed by atoms with Crippen molar-refractivity contribution in [2.45, 2.75) is 60.0 Å². The third-order valence-electron chi connectivity index (χ3n) is 3.27. The molecule has 0 fully saturated rings. The molecule has 19 heavy (non-hydrogen) atoms. The summed E-state index contributed by atoms with van der Waals surface area (Å²) in [5.41, 5.74) is 0.934. The van der Waals surface area contributed by atoms with Gasteiger partial charge in [-0.05, 0) is 31.7 Å². The van der Waals surface area contributed by atoms with E-state index in [1.54, 1.807) is 6.07 Å². The van der Waals surface area contributed by atoms with Crippen molar-refractivity contribution in [2.24, 2.45) is 5.92 Å². The van der Waals surface area contributed by atoms with Gasteiger partial charge in [0, 0.05) is 18.3 Å². The van der Waals surface area contributed by atoms with Crippen LogP contribution in [0.4, 0.5) is 0 Å². The molecule has 0 unspecified atom stereocenters. The van der Waals surface area contributed by atoms with Gasteiger partial charge in [-0.1, -0.05) is 39.3 Å². The average molecular weight is 284 g/mol. The molecule has 0 N–H and O–H groups in total. The van der Waals surface area contributed by atoms with Crippen molar-refractivity contribution in [2.75, 3.05) is 6.54 Å². The maximum atomic E-state index is 6.02. The summed E-state index contributed by atoms with van der Waals surface area (Å²) < 4.78 is 0. The third-order valence-corrected chi connectivity index (χ3v) is 3.47. The van der Waals surface area contributed by atoms with Crippen molar-refractivity contribution >= 4 is 11.6 Å². The SMILES string of the molecule is CCC(CC)N(Cc1nc(C)cc(Cl)n1)CC(C)C. The number of aryl methyl sites for hydroxylation is 1. The lowest BCUT2D eigenvalue weighted by atomic mass is 10.1. The van der Waals surface area contributed by atoms with Gasteiger partial charge in [0.2, 0.25) is 0 Å². The Balaban J connectivity index is 2.86. The Hall–Kier alpha value is -0.670. The van der Waals surface area contributed by atoms with E-state index in [0.29, 0.717) is 17.1 Å². The number of nitrogens with zero attached hydrogens (tertiary/aromatic N) is 3. The first-order chi connectivity index (χ1) is 8.96. The molecule has 1 rings (SSSR count). The topological polar surface area (TPSA) is 29.0 Å². The molecule has 0 aromatic carbocycles. The van der Waals surface area contributed by atoms with E-state index >= 15 is 0 Å². The summed E-state index contributed by atoms with van der Waals surface area (Å²) in [7, 11) is 0. The first-order valence-electron chi connectivity index (χ1n) is 7.20. The molecule has 3 nitrogen and oxygen atoms in total. The van der Waals surface area contributed by atoms with Crippen molar-refractivity contribution in [3.05, 3.63) is 22.7 Å². The summed E-state index contributed by atoms with van der Waals surface area (Å²) in [5.74, 6) is 1.47.